The van der Waals surface area contributed by atoms with E-state index in [0.29, 0.717) is 13.2 Å². The Balaban J connectivity index is 2.10. The Morgan fingerprint density at radius 2 is 2.12 bits per heavy atom. The molecule has 1 heterocycles. The summed E-state index contributed by atoms with van der Waals surface area (Å²) in [7, 11) is 1.67. The van der Waals surface area contributed by atoms with Crippen molar-refractivity contribution in [3.05, 3.63) is 42.1 Å². The van der Waals surface area contributed by atoms with Crippen molar-refractivity contribution in [3.63, 3.8) is 0 Å². The molecule has 0 aromatic heterocycles. The molecule has 1 aliphatic heterocycles. The molecule has 0 saturated carbocycles. The van der Waals surface area contributed by atoms with Gasteiger partial charge in [-0.25, -0.2) is 0 Å². The van der Waals surface area contributed by atoms with Gasteiger partial charge in [-0.1, -0.05) is 18.2 Å². The zero-order valence-corrected chi connectivity index (χ0v) is 9.98. The lowest BCUT2D eigenvalue weighted by Gasteiger charge is -2.42. The van der Waals surface area contributed by atoms with Gasteiger partial charge in [0.05, 0.1) is 25.9 Å². The monoisotopic (exact) mass is 234 g/mol. The van der Waals surface area contributed by atoms with E-state index in [1.807, 2.05) is 18.2 Å². The smallest absolute Gasteiger partial charge is 0.118 e. The van der Waals surface area contributed by atoms with Gasteiger partial charge >= 0.3 is 0 Å². The minimum absolute atomic E-state index is 0.0776. The topological polar surface area (TPSA) is 56.5 Å². The zero-order valence-electron chi connectivity index (χ0n) is 9.98. The van der Waals surface area contributed by atoms with E-state index in [9.17, 15) is 0 Å². The van der Waals surface area contributed by atoms with Crippen LogP contribution in [0.1, 0.15) is 5.56 Å². The molecular weight excluding hydrogens is 216 g/mol. The number of hydrogen-bond acceptors (Lipinski definition) is 4. The van der Waals surface area contributed by atoms with Crippen LogP contribution in [0.25, 0.3) is 0 Å². The van der Waals surface area contributed by atoms with Crippen molar-refractivity contribution < 1.29 is 9.47 Å². The van der Waals surface area contributed by atoms with E-state index in [1.165, 1.54) is 5.56 Å². The highest BCUT2D eigenvalue weighted by atomic mass is 16.5. The largest absolute Gasteiger partial charge is 0.497 e. The highest BCUT2D eigenvalue weighted by molar-refractivity contribution is 5.33. The van der Waals surface area contributed by atoms with Gasteiger partial charge in [0.2, 0.25) is 0 Å². The highest BCUT2D eigenvalue weighted by Crippen LogP contribution is 2.30. The molecule has 2 rings (SSSR count). The van der Waals surface area contributed by atoms with Gasteiger partial charge in [-0.15, -0.1) is 0 Å². The summed E-state index contributed by atoms with van der Waals surface area (Å²) in [5, 5.41) is 3.45. The molecule has 3 N–H and O–H groups in total. The molecule has 4 heteroatoms. The van der Waals surface area contributed by atoms with E-state index >= 15 is 0 Å². The molecule has 0 bridgehead atoms. The van der Waals surface area contributed by atoms with Crippen molar-refractivity contribution in [3.8, 4) is 5.75 Å². The Labute approximate surface area is 101 Å². The average molecular weight is 234 g/mol. The number of ether oxygens (including phenoxy) is 2. The Morgan fingerprint density at radius 1 is 1.41 bits per heavy atom. The molecule has 92 valence electrons. The molecule has 0 radical (unpaired) electrons. The van der Waals surface area contributed by atoms with Crippen molar-refractivity contribution in [2.24, 2.45) is 5.73 Å². The van der Waals surface area contributed by atoms with Gasteiger partial charge in [0.25, 0.3) is 0 Å². The number of methoxy groups -OCH3 is 1. The first-order chi connectivity index (χ1) is 8.30. The fraction of sp³-hybridized carbons (Fsp3) is 0.385. The average Bonchev–Trinajstić information content (AvgIpc) is 2.33. The Kier molecular flexibility index (Phi) is 3.66. The normalized spacial score (nSPS) is 17.9. The van der Waals surface area contributed by atoms with Gasteiger partial charge in [0.1, 0.15) is 5.75 Å². The van der Waals surface area contributed by atoms with Crippen molar-refractivity contribution in [2.45, 2.75) is 5.54 Å². The number of benzene rings is 1. The number of hydrogen-bond donors (Lipinski definition) is 2. The maximum absolute atomic E-state index is 5.33. The summed E-state index contributed by atoms with van der Waals surface area (Å²) in [6.45, 7) is 2.13. The quantitative estimate of drug-likeness (QED) is 0.797. The molecule has 4 nitrogen and oxygen atoms in total. The fourth-order valence-corrected chi connectivity index (χ4v) is 1.91. The second kappa shape index (κ2) is 5.21. The number of nitrogens with one attached hydrogen (secondary N) is 1. The predicted molar refractivity (Wildman–Crippen MR) is 66.8 cm³/mol. The minimum Gasteiger partial charge on any atom is -0.497 e. The summed E-state index contributed by atoms with van der Waals surface area (Å²) in [5.41, 5.74) is 6.47. The van der Waals surface area contributed by atoms with Crippen LogP contribution in [0.15, 0.2) is 36.5 Å². The summed E-state index contributed by atoms with van der Waals surface area (Å²) in [4.78, 5) is 0. The van der Waals surface area contributed by atoms with E-state index in [1.54, 1.807) is 13.3 Å². The standard InChI is InChI=1S/C13H18N2O2/c1-16-12-5-3-11(4-6-12)13(9-17-10-13)15-8-2-7-14/h2-7,15H,8-10,14H2,1H3/b7-2+. The summed E-state index contributed by atoms with van der Waals surface area (Å²) < 4.78 is 10.5. The lowest BCUT2D eigenvalue weighted by molar-refractivity contribution is -0.0768. The van der Waals surface area contributed by atoms with Gasteiger partial charge in [-0.3, -0.25) is 5.32 Å². The Bertz CT molecular complexity index is 383. The van der Waals surface area contributed by atoms with E-state index in [-0.39, 0.29) is 5.54 Å². The van der Waals surface area contributed by atoms with Crippen molar-refractivity contribution in [1.29, 1.82) is 0 Å². The van der Waals surface area contributed by atoms with Gasteiger partial charge < -0.3 is 15.2 Å². The molecule has 17 heavy (non-hydrogen) atoms. The molecule has 0 amide bonds. The van der Waals surface area contributed by atoms with Crippen LogP contribution in [0.2, 0.25) is 0 Å². The highest BCUT2D eigenvalue weighted by Gasteiger charge is 2.39. The minimum atomic E-state index is -0.0776. The fourth-order valence-electron chi connectivity index (χ4n) is 1.91. The maximum Gasteiger partial charge on any atom is 0.118 e. The second-order valence-corrected chi connectivity index (χ2v) is 4.11. The molecule has 1 saturated heterocycles. The van der Waals surface area contributed by atoms with Crippen LogP contribution in [-0.2, 0) is 10.3 Å². The van der Waals surface area contributed by atoms with Crippen LogP contribution in [0.5, 0.6) is 5.75 Å². The van der Waals surface area contributed by atoms with Crippen LogP contribution in [0.3, 0.4) is 0 Å². The molecular formula is C13H18N2O2. The Hall–Kier alpha value is -1.52. The molecule has 0 spiro atoms. The third kappa shape index (κ3) is 2.43. The van der Waals surface area contributed by atoms with Crippen molar-refractivity contribution in [1.82, 2.24) is 5.32 Å². The van der Waals surface area contributed by atoms with E-state index in [4.69, 9.17) is 15.2 Å². The predicted octanol–water partition coefficient (Wildman–Crippen LogP) is 0.983. The third-order valence-corrected chi connectivity index (χ3v) is 3.03. The molecule has 1 aliphatic rings. The van der Waals surface area contributed by atoms with Crippen LogP contribution < -0.4 is 15.8 Å². The first-order valence-corrected chi connectivity index (χ1v) is 5.65. The molecule has 0 unspecified atom stereocenters. The summed E-state index contributed by atoms with van der Waals surface area (Å²) in [5.74, 6) is 0.867. The molecule has 0 atom stereocenters. The number of rotatable bonds is 5. The van der Waals surface area contributed by atoms with E-state index in [2.05, 4.69) is 17.4 Å². The van der Waals surface area contributed by atoms with Crippen molar-refractivity contribution >= 4 is 0 Å². The molecule has 1 aromatic rings. The molecule has 1 fully saturated rings. The molecule has 1 aromatic carbocycles. The second-order valence-electron chi connectivity index (χ2n) is 4.11. The van der Waals surface area contributed by atoms with Gasteiger partial charge in [-0.05, 0) is 23.9 Å². The van der Waals surface area contributed by atoms with E-state index in [0.717, 1.165) is 12.3 Å². The van der Waals surface area contributed by atoms with Gasteiger partial charge in [0.15, 0.2) is 0 Å². The van der Waals surface area contributed by atoms with Gasteiger partial charge in [0, 0.05) is 6.54 Å². The van der Waals surface area contributed by atoms with Gasteiger partial charge in [-0.2, -0.15) is 0 Å². The lowest BCUT2D eigenvalue weighted by atomic mass is 9.88. The van der Waals surface area contributed by atoms with Crippen LogP contribution in [-0.4, -0.2) is 26.9 Å². The van der Waals surface area contributed by atoms with Crippen molar-refractivity contribution in [2.75, 3.05) is 26.9 Å². The van der Waals surface area contributed by atoms with Crippen LogP contribution in [0.4, 0.5) is 0 Å². The Morgan fingerprint density at radius 3 is 2.59 bits per heavy atom. The number of nitrogens with two attached hydrogens (primary N) is 1. The molecule has 0 aliphatic carbocycles. The third-order valence-electron chi connectivity index (χ3n) is 3.03. The summed E-state index contributed by atoms with van der Waals surface area (Å²) in [6, 6.07) is 8.08. The lowest BCUT2D eigenvalue weighted by Crippen LogP contribution is -2.57. The summed E-state index contributed by atoms with van der Waals surface area (Å²) in [6.07, 6.45) is 3.44. The van der Waals surface area contributed by atoms with Crippen LogP contribution in [0, 0.1) is 0 Å². The first kappa shape index (κ1) is 12.0. The first-order valence-electron chi connectivity index (χ1n) is 5.65. The maximum atomic E-state index is 5.33. The summed E-state index contributed by atoms with van der Waals surface area (Å²) >= 11 is 0. The SMILES string of the molecule is COc1ccc(C2(NC/C=C/N)COC2)cc1. The van der Waals surface area contributed by atoms with E-state index < -0.39 is 0 Å². The zero-order chi connectivity index (χ0) is 12.1. The van der Waals surface area contributed by atoms with Crippen LogP contribution >= 0.6 is 0 Å².